The number of hydrogen-bond acceptors (Lipinski definition) is 6. The number of hydrogen-bond donors (Lipinski definition) is 2. The number of carbonyl (C=O) groups is 2. The van der Waals surface area contributed by atoms with E-state index in [9.17, 15) is 29.3 Å². The lowest BCUT2D eigenvalue weighted by Gasteiger charge is -2.21. The number of aromatic nitrogens is 2. The molecule has 2 N–H and O–H groups in total. The van der Waals surface area contributed by atoms with E-state index in [1.165, 1.54) is 25.0 Å². The van der Waals surface area contributed by atoms with E-state index in [0.29, 0.717) is 30.3 Å². The van der Waals surface area contributed by atoms with Crippen LogP contribution < -0.4 is 5.11 Å². The molecule has 1 saturated carbocycles. The van der Waals surface area contributed by atoms with E-state index in [1.54, 1.807) is 28.8 Å². The second kappa shape index (κ2) is 12.5. The molecule has 1 aliphatic carbocycles. The Balaban J connectivity index is 1.91. The van der Waals surface area contributed by atoms with Gasteiger partial charge in [0.15, 0.2) is 5.69 Å². The van der Waals surface area contributed by atoms with Crippen molar-refractivity contribution in [2.45, 2.75) is 83.3 Å². The molecule has 0 radical (unpaired) electrons. The van der Waals surface area contributed by atoms with Crippen molar-refractivity contribution < 1.29 is 29.3 Å². The minimum atomic E-state index is -1.38. The predicted octanol–water partition coefficient (Wildman–Crippen LogP) is 2.58. The van der Waals surface area contributed by atoms with Crippen LogP contribution in [0.25, 0.3) is 5.69 Å². The van der Waals surface area contributed by atoms with Crippen molar-refractivity contribution in [2.24, 2.45) is 5.92 Å². The highest BCUT2D eigenvalue weighted by atomic mass is 19.1. The Morgan fingerprint density at radius 2 is 1.81 bits per heavy atom. The molecule has 8 nitrogen and oxygen atoms in total. The van der Waals surface area contributed by atoms with Crippen molar-refractivity contribution in [1.82, 2.24) is 14.7 Å². The Morgan fingerprint density at radius 1 is 1.17 bits per heavy atom. The average Bonchev–Trinajstić information content (AvgIpc) is 3.44. The molecule has 1 aromatic carbocycles. The van der Waals surface area contributed by atoms with Crippen LogP contribution in [0.2, 0.25) is 0 Å². The molecule has 36 heavy (non-hydrogen) atoms. The van der Waals surface area contributed by atoms with E-state index in [4.69, 9.17) is 5.10 Å². The molecular formula is C27H37FN3O5-. The van der Waals surface area contributed by atoms with Crippen molar-refractivity contribution in [3.8, 4) is 5.69 Å². The molecule has 2 atom stereocenters. The zero-order valence-corrected chi connectivity index (χ0v) is 21.3. The summed E-state index contributed by atoms with van der Waals surface area (Å²) in [7, 11) is 1.80. The average molecular weight is 503 g/mol. The molecule has 1 amide bonds. The van der Waals surface area contributed by atoms with E-state index in [0.717, 1.165) is 24.1 Å². The number of nitrogens with zero attached hydrogens (tertiary/aromatic N) is 3. The quantitative estimate of drug-likeness (QED) is 0.461. The van der Waals surface area contributed by atoms with Crippen LogP contribution in [0, 0.1) is 11.7 Å². The standard InChI is InChI=1S/C27H38FN3O5/c1-17(2)25-23(13-12-21(32)14-22(33)15-24(34)35)31(20-10-8-19(28)9-11-20)29-26(25)27(36)30(3)16-18-6-4-5-7-18/h8-11,17-18,21-22,32-33H,4-7,12-16H2,1-3H3,(H,34,35)/p-1/t21-,22-/m1/s1. The molecule has 198 valence electrons. The van der Waals surface area contributed by atoms with Gasteiger partial charge in [0.2, 0.25) is 0 Å². The zero-order valence-electron chi connectivity index (χ0n) is 21.3. The highest BCUT2D eigenvalue weighted by molar-refractivity contribution is 5.94. The zero-order chi connectivity index (χ0) is 26.4. The Bertz CT molecular complexity index is 1030. The maximum absolute atomic E-state index is 13.6. The summed E-state index contributed by atoms with van der Waals surface area (Å²) in [5.41, 5.74) is 2.43. The maximum atomic E-state index is 13.6. The van der Waals surface area contributed by atoms with E-state index in [1.807, 2.05) is 13.8 Å². The number of aliphatic hydroxyl groups is 2. The summed E-state index contributed by atoms with van der Waals surface area (Å²) in [5.74, 6) is -1.49. The van der Waals surface area contributed by atoms with Crippen molar-refractivity contribution in [3.63, 3.8) is 0 Å². The van der Waals surface area contributed by atoms with Gasteiger partial charge in [-0.1, -0.05) is 26.7 Å². The van der Waals surface area contributed by atoms with E-state index < -0.39 is 24.6 Å². The smallest absolute Gasteiger partial charge is 0.274 e. The molecule has 0 aliphatic heterocycles. The fourth-order valence-electron chi connectivity index (χ4n) is 5.12. The summed E-state index contributed by atoms with van der Waals surface area (Å²) in [6.07, 6.45) is 2.34. The molecular weight excluding hydrogens is 465 g/mol. The highest BCUT2D eigenvalue weighted by Gasteiger charge is 2.29. The number of aliphatic hydroxyl groups excluding tert-OH is 2. The maximum Gasteiger partial charge on any atom is 0.274 e. The Morgan fingerprint density at radius 3 is 2.39 bits per heavy atom. The van der Waals surface area contributed by atoms with E-state index >= 15 is 0 Å². The van der Waals surface area contributed by atoms with Crippen LogP contribution in [0.4, 0.5) is 4.39 Å². The minimum Gasteiger partial charge on any atom is -0.550 e. The van der Waals surface area contributed by atoms with Crippen LogP contribution in [0.15, 0.2) is 24.3 Å². The van der Waals surface area contributed by atoms with Crippen molar-refractivity contribution >= 4 is 11.9 Å². The first kappa shape index (κ1) is 27.8. The minimum absolute atomic E-state index is 0.0474. The van der Waals surface area contributed by atoms with Gasteiger partial charge < -0.3 is 25.0 Å². The fraction of sp³-hybridized carbons (Fsp3) is 0.593. The molecule has 1 fully saturated rings. The van der Waals surface area contributed by atoms with Crippen molar-refractivity contribution in [2.75, 3.05) is 13.6 Å². The van der Waals surface area contributed by atoms with Gasteiger partial charge in [0.05, 0.1) is 17.9 Å². The molecule has 0 saturated heterocycles. The molecule has 3 rings (SSSR count). The second-order valence-corrected chi connectivity index (χ2v) is 10.2. The number of aliphatic carboxylic acids is 1. The predicted molar refractivity (Wildman–Crippen MR) is 131 cm³/mol. The molecule has 1 aromatic heterocycles. The summed E-state index contributed by atoms with van der Waals surface area (Å²) < 4.78 is 15.3. The lowest BCUT2D eigenvalue weighted by atomic mass is 9.95. The normalized spacial score (nSPS) is 15.9. The lowest BCUT2D eigenvalue weighted by Crippen LogP contribution is -2.32. The molecule has 0 spiro atoms. The van der Waals surface area contributed by atoms with Gasteiger partial charge in [-0.3, -0.25) is 4.79 Å². The third-order valence-electron chi connectivity index (χ3n) is 6.89. The van der Waals surface area contributed by atoms with Crippen molar-refractivity contribution in [1.29, 1.82) is 0 Å². The molecule has 2 aromatic rings. The second-order valence-electron chi connectivity index (χ2n) is 10.2. The van der Waals surface area contributed by atoms with Gasteiger partial charge in [0.1, 0.15) is 5.82 Å². The van der Waals surface area contributed by atoms with Gasteiger partial charge in [-0.2, -0.15) is 5.10 Å². The molecule has 1 heterocycles. The monoisotopic (exact) mass is 502 g/mol. The first-order chi connectivity index (χ1) is 17.1. The van der Waals surface area contributed by atoms with Gasteiger partial charge >= 0.3 is 0 Å². The van der Waals surface area contributed by atoms with Crippen LogP contribution in [-0.2, 0) is 11.2 Å². The van der Waals surface area contributed by atoms with E-state index in [-0.39, 0.29) is 30.5 Å². The third-order valence-corrected chi connectivity index (χ3v) is 6.89. The molecule has 9 heteroatoms. The summed E-state index contributed by atoms with van der Waals surface area (Å²) >= 11 is 0. The summed E-state index contributed by atoms with van der Waals surface area (Å²) in [6.45, 7) is 4.62. The Hall–Kier alpha value is -2.78. The van der Waals surface area contributed by atoms with Crippen LogP contribution in [0.5, 0.6) is 0 Å². The van der Waals surface area contributed by atoms with Crippen LogP contribution in [-0.4, -0.2) is 62.6 Å². The topological polar surface area (TPSA) is 119 Å². The third kappa shape index (κ3) is 7.13. The fourth-order valence-corrected chi connectivity index (χ4v) is 5.12. The largest absolute Gasteiger partial charge is 0.550 e. The molecule has 1 aliphatic rings. The van der Waals surface area contributed by atoms with Gasteiger partial charge in [0.25, 0.3) is 5.91 Å². The Kier molecular flexibility index (Phi) is 9.62. The Labute approximate surface area is 211 Å². The van der Waals surface area contributed by atoms with E-state index in [2.05, 4.69) is 0 Å². The number of carboxylic acid groups (broad SMARTS) is 1. The first-order valence-electron chi connectivity index (χ1n) is 12.8. The van der Waals surface area contributed by atoms with Gasteiger partial charge in [-0.15, -0.1) is 0 Å². The molecule has 0 unspecified atom stereocenters. The SMILES string of the molecule is CC(C)c1c(C(=O)N(C)CC2CCCC2)nn(-c2ccc(F)cc2)c1CC[C@@H](O)C[C@@H](O)CC(=O)[O-]. The first-order valence-corrected chi connectivity index (χ1v) is 12.8. The number of carboxylic acids is 1. The summed E-state index contributed by atoms with van der Waals surface area (Å²) in [5, 5.41) is 35.7. The van der Waals surface area contributed by atoms with Gasteiger partial charge in [-0.05, 0) is 68.2 Å². The number of rotatable bonds is 12. The highest BCUT2D eigenvalue weighted by Crippen LogP contribution is 2.30. The number of benzene rings is 1. The number of amides is 1. The number of halogens is 1. The van der Waals surface area contributed by atoms with Crippen LogP contribution in [0.3, 0.4) is 0 Å². The number of carbonyl (C=O) groups excluding carboxylic acids is 2. The lowest BCUT2D eigenvalue weighted by molar-refractivity contribution is -0.307. The van der Waals surface area contributed by atoms with Gasteiger partial charge in [-0.25, -0.2) is 9.07 Å². The molecule has 0 bridgehead atoms. The van der Waals surface area contributed by atoms with Crippen molar-refractivity contribution in [3.05, 3.63) is 47.0 Å². The summed E-state index contributed by atoms with van der Waals surface area (Å²) in [4.78, 5) is 26.0. The summed E-state index contributed by atoms with van der Waals surface area (Å²) in [6, 6.07) is 5.84. The van der Waals surface area contributed by atoms with Crippen LogP contribution in [0.1, 0.15) is 86.5 Å². The van der Waals surface area contributed by atoms with Crippen LogP contribution >= 0.6 is 0 Å². The van der Waals surface area contributed by atoms with Gasteiger partial charge in [0, 0.05) is 37.2 Å².